The zero-order chi connectivity index (χ0) is 14.0. The van der Waals surface area contributed by atoms with E-state index in [9.17, 15) is 0 Å². The second-order valence-electron chi connectivity index (χ2n) is 4.15. The summed E-state index contributed by atoms with van der Waals surface area (Å²) in [5.41, 5.74) is 1.89. The maximum absolute atomic E-state index is 6.27. The molecule has 0 aromatic heterocycles. The zero-order valence-electron chi connectivity index (χ0n) is 10.3. The van der Waals surface area contributed by atoms with E-state index in [0.717, 1.165) is 11.1 Å². The van der Waals surface area contributed by atoms with Crippen LogP contribution in [0.3, 0.4) is 0 Å². The van der Waals surface area contributed by atoms with Gasteiger partial charge in [-0.25, -0.2) is 0 Å². The van der Waals surface area contributed by atoms with Gasteiger partial charge in [0.2, 0.25) is 0 Å². The molecule has 0 unspecified atom stereocenters. The molecule has 1 aliphatic heterocycles. The van der Waals surface area contributed by atoms with Crippen LogP contribution in [-0.2, 0) is 0 Å². The van der Waals surface area contributed by atoms with Crippen molar-refractivity contribution in [3.63, 3.8) is 0 Å². The van der Waals surface area contributed by atoms with E-state index >= 15 is 0 Å². The molecule has 0 aliphatic carbocycles. The molecular formula is C14H11Cl2N3Se. The predicted octanol–water partition coefficient (Wildman–Crippen LogP) is 3.40. The van der Waals surface area contributed by atoms with Crippen LogP contribution in [0.2, 0.25) is 0 Å². The molecule has 3 nitrogen and oxygen atoms in total. The van der Waals surface area contributed by atoms with Crippen molar-refractivity contribution in [3.8, 4) is 0 Å². The van der Waals surface area contributed by atoms with Crippen LogP contribution in [-0.4, -0.2) is 23.1 Å². The molecule has 0 radical (unpaired) electrons. The van der Waals surface area contributed by atoms with Crippen molar-refractivity contribution >= 4 is 43.3 Å². The Morgan fingerprint density at radius 3 is 1.50 bits per heavy atom. The van der Waals surface area contributed by atoms with Crippen LogP contribution in [0.5, 0.6) is 0 Å². The Morgan fingerprint density at radius 1 is 0.700 bits per heavy atom. The molecule has 1 N–H and O–H groups in total. The molecule has 20 heavy (non-hydrogen) atoms. The second-order valence-corrected chi connectivity index (χ2v) is 12.0. The van der Waals surface area contributed by atoms with E-state index in [4.69, 9.17) is 20.2 Å². The predicted molar refractivity (Wildman–Crippen MR) is 86.6 cm³/mol. The number of hydrogen-bond acceptors (Lipinski definition) is 3. The molecule has 1 aliphatic rings. The normalized spacial score (nSPS) is 18.5. The van der Waals surface area contributed by atoms with Crippen molar-refractivity contribution < 1.29 is 0 Å². The van der Waals surface area contributed by atoms with Crippen molar-refractivity contribution in [1.82, 2.24) is 5.32 Å². The van der Waals surface area contributed by atoms with Gasteiger partial charge in [-0.3, -0.25) is 0 Å². The van der Waals surface area contributed by atoms with Gasteiger partial charge in [-0.1, -0.05) is 0 Å². The van der Waals surface area contributed by atoms with Crippen LogP contribution < -0.4 is 5.32 Å². The number of nitrogens with one attached hydrogen (secondary N) is 1. The van der Waals surface area contributed by atoms with E-state index in [1.54, 1.807) is 0 Å². The second kappa shape index (κ2) is 5.58. The molecule has 0 bridgehead atoms. The van der Waals surface area contributed by atoms with Crippen LogP contribution in [0, 0.1) is 0 Å². The van der Waals surface area contributed by atoms with Crippen molar-refractivity contribution in [2.24, 2.45) is 8.02 Å². The van der Waals surface area contributed by atoms with Crippen LogP contribution in [0.1, 0.15) is 11.1 Å². The third-order valence-electron chi connectivity index (χ3n) is 2.73. The summed E-state index contributed by atoms with van der Waals surface area (Å²) in [5, 5.41) is 3.21. The standard InChI is InChI=1S/C14H11Cl2N3Se/c15-20(16)18-13(11-7-3-1-4-8-11)17-14(19-20)12-9-5-2-6-10-12/h1-10H,(H,17,18,19). The first kappa shape index (κ1) is 13.7. The van der Waals surface area contributed by atoms with Crippen molar-refractivity contribution in [2.45, 2.75) is 0 Å². The van der Waals surface area contributed by atoms with Crippen molar-refractivity contribution in [3.05, 3.63) is 71.8 Å². The van der Waals surface area contributed by atoms with E-state index in [1.807, 2.05) is 60.7 Å². The summed E-state index contributed by atoms with van der Waals surface area (Å²) in [4.78, 5) is 0. The quantitative estimate of drug-likeness (QED) is 0.808. The van der Waals surface area contributed by atoms with Gasteiger partial charge in [-0.2, -0.15) is 0 Å². The average molecular weight is 371 g/mol. The maximum atomic E-state index is 6.27. The number of nitrogens with zero attached hydrogens (tertiary/aromatic N) is 2. The summed E-state index contributed by atoms with van der Waals surface area (Å²) in [7, 11) is 12.5. The van der Waals surface area contributed by atoms with E-state index in [1.165, 1.54) is 0 Å². The van der Waals surface area contributed by atoms with Gasteiger partial charge < -0.3 is 0 Å². The van der Waals surface area contributed by atoms with Crippen molar-refractivity contribution in [2.75, 3.05) is 0 Å². The molecule has 2 aromatic carbocycles. The molecule has 0 saturated carbocycles. The Morgan fingerprint density at radius 2 is 1.10 bits per heavy atom. The van der Waals surface area contributed by atoms with Gasteiger partial charge in [0.15, 0.2) is 0 Å². The fourth-order valence-electron chi connectivity index (χ4n) is 1.84. The molecule has 3 rings (SSSR count). The molecule has 0 spiro atoms. The molecule has 102 valence electrons. The van der Waals surface area contributed by atoms with Crippen molar-refractivity contribution in [1.29, 1.82) is 0 Å². The Kier molecular flexibility index (Phi) is 3.81. The molecule has 0 fully saturated rings. The van der Waals surface area contributed by atoms with Gasteiger partial charge in [0.1, 0.15) is 0 Å². The average Bonchev–Trinajstić information content (AvgIpc) is 2.47. The summed E-state index contributed by atoms with van der Waals surface area (Å²) in [6.45, 7) is 0. The number of hydrogen-bond donors (Lipinski definition) is 1. The molecule has 2 aromatic rings. The van der Waals surface area contributed by atoms with Crippen LogP contribution >= 0.6 is 20.2 Å². The fraction of sp³-hybridized carbons (Fsp3) is 0. The summed E-state index contributed by atoms with van der Waals surface area (Å²) < 4.78 is 8.73. The minimum absolute atomic E-state index is 0.671. The number of amidine groups is 2. The number of halogens is 2. The fourth-order valence-corrected chi connectivity index (χ4v) is 4.92. The molecular weight excluding hydrogens is 360 g/mol. The van der Waals surface area contributed by atoms with Gasteiger partial charge >= 0.3 is 128 Å². The van der Waals surface area contributed by atoms with Gasteiger partial charge in [0, 0.05) is 0 Å². The Balaban J connectivity index is 1.99. The van der Waals surface area contributed by atoms with E-state index in [2.05, 4.69) is 13.3 Å². The minimum atomic E-state index is -3.21. The van der Waals surface area contributed by atoms with Gasteiger partial charge in [-0.15, -0.1) is 0 Å². The van der Waals surface area contributed by atoms with Gasteiger partial charge in [0.05, 0.1) is 0 Å². The molecule has 6 heteroatoms. The van der Waals surface area contributed by atoms with Gasteiger partial charge in [0.25, 0.3) is 0 Å². The SMILES string of the molecule is Cl[Se]1(Cl)N=C(c2ccccc2)NC(c2ccccc2)=N1. The molecule has 0 amide bonds. The van der Waals surface area contributed by atoms with Gasteiger partial charge in [-0.05, 0) is 0 Å². The Bertz CT molecular complexity index is 612. The van der Waals surface area contributed by atoms with Crippen LogP contribution in [0.15, 0.2) is 68.7 Å². The monoisotopic (exact) mass is 371 g/mol. The van der Waals surface area contributed by atoms with E-state index in [-0.39, 0.29) is 0 Å². The third kappa shape index (κ3) is 3.05. The summed E-state index contributed by atoms with van der Waals surface area (Å²) >= 11 is -3.21. The number of rotatable bonds is 2. The first-order chi connectivity index (χ1) is 9.64. The summed E-state index contributed by atoms with van der Waals surface area (Å²) in [6, 6.07) is 19.5. The third-order valence-corrected chi connectivity index (χ3v) is 5.86. The zero-order valence-corrected chi connectivity index (χ0v) is 13.6. The Labute approximate surface area is 128 Å². The number of benzene rings is 2. The van der Waals surface area contributed by atoms with E-state index in [0.29, 0.717) is 11.7 Å². The Hall–Kier alpha value is -1.32. The van der Waals surface area contributed by atoms with E-state index < -0.39 is 11.5 Å². The topological polar surface area (TPSA) is 36.8 Å². The molecule has 0 atom stereocenters. The molecule has 0 saturated heterocycles. The van der Waals surface area contributed by atoms with Crippen LogP contribution in [0.25, 0.3) is 0 Å². The summed E-state index contributed by atoms with van der Waals surface area (Å²) in [6.07, 6.45) is 0. The first-order valence-corrected chi connectivity index (χ1v) is 12.0. The molecule has 1 heterocycles. The summed E-state index contributed by atoms with van der Waals surface area (Å²) in [5.74, 6) is 1.34. The van der Waals surface area contributed by atoms with Crippen LogP contribution in [0.4, 0.5) is 0 Å². The first-order valence-electron chi connectivity index (χ1n) is 5.94.